The number of anilines is 1. The van der Waals surface area contributed by atoms with Gasteiger partial charge in [-0.25, -0.2) is 0 Å². The molecule has 0 aliphatic heterocycles. The number of nitro groups is 1. The van der Waals surface area contributed by atoms with Crippen molar-refractivity contribution in [2.24, 2.45) is 5.73 Å². The van der Waals surface area contributed by atoms with Crippen molar-refractivity contribution < 1.29 is 9.72 Å². The molecule has 0 spiro atoms. The minimum Gasteiger partial charge on any atom is -0.378 e. The van der Waals surface area contributed by atoms with Gasteiger partial charge in [0.05, 0.1) is 16.8 Å². The molecular formula is C10H11N5O3S. The third-order valence-corrected chi connectivity index (χ3v) is 3.20. The van der Waals surface area contributed by atoms with E-state index in [9.17, 15) is 14.9 Å². The maximum absolute atomic E-state index is 10.7. The molecule has 0 saturated carbocycles. The minimum absolute atomic E-state index is 0.0194. The number of nitrogens with zero attached hydrogens (tertiary/aromatic N) is 3. The molecule has 19 heavy (non-hydrogen) atoms. The fraction of sp³-hybridized carbons (Fsp3) is 0.200. The zero-order valence-corrected chi connectivity index (χ0v) is 10.6. The number of nitrogens with one attached hydrogen (secondary N) is 1. The number of aromatic nitrogens is 2. The summed E-state index contributed by atoms with van der Waals surface area (Å²) < 4.78 is 1.42. The first-order valence-electron chi connectivity index (χ1n) is 5.31. The van der Waals surface area contributed by atoms with Gasteiger partial charge >= 0.3 is 5.00 Å². The molecule has 0 bridgehead atoms. The van der Waals surface area contributed by atoms with Crippen molar-refractivity contribution in [3.05, 3.63) is 39.5 Å². The van der Waals surface area contributed by atoms with Crippen LogP contribution in [-0.4, -0.2) is 20.6 Å². The number of carbonyl (C=O) groups excluding carboxylic acids is 1. The first-order chi connectivity index (χ1) is 9.04. The normalized spacial score (nSPS) is 10.3. The molecular weight excluding hydrogens is 270 g/mol. The maximum Gasteiger partial charge on any atom is 0.324 e. The van der Waals surface area contributed by atoms with Crippen LogP contribution in [0.5, 0.6) is 0 Å². The van der Waals surface area contributed by atoms with E-state index < -0.39 is 10.8 Å². The maximum atomic E-state index is 10.7. The highest BCUT2D eigenvalue weighted by molar-refractivity contribution is 7.13. The Kier molecular flexibility index (Phi) is 3.76. The van der Waals surface area contributed by atoms with Gasteiger partial charge in [-0.15, -0.1) is 0 Å². The van der Waals surface area contributed by atoms with Gasteiger partial charge in [-0.1, -0.05) is 11.3 Å². The number of hydrogen-bond donors (Lipinski definition) is 2. The summed E-state index contributed by atoms with van der Waals surface area (Å²) in [5.74, 6) is -0.469. The Morgan fingerprint density at radius 3 is 3.05 bits per heavy atom. The van der Waals surface area contributed by atoms with Crippen molar-refractivity contribution in [1.82, 2.24) is 9.78 Å². The van der Waals surface area contributed by atoms with Gasteiger partial charge in [-0.2, -0.15) is 5.10 Å². The molecule has 9 heteroatoms. The second kappa shape index (κ2) is 5.48. The van der Waals surface area contributed by atoms with Crippen LogP contribution in [0.25, 0.3) is 0 Å². The lowest BCUT2D eigenvalue weighted by atomic mass is 10.3. The summed E-state index contributed by atoms with van der Waals surface area (Å²) >= 11 is 1.09. The molecule has 100 valence electrons. The first kappa shape index (κ1) is 13.0. The molecule has 0 aliphatic carbocycles. The van der Waals surface area contributed by atoms with Gasteiger partial charge in [0.25, 0.3) is 0 Å². The largest absolute Gasteiger partial charge is 0.378 e. The number of thiophene rings is 1. The molecule has 0 atom stereocenters. The first-order valence-corrected chi connectivity index (χ1v) is 6.19. The Labute approximate surface area is 112 Å². The summed E-state index contributed by atoms with van der Waals surface area (Å²) in [6.07, 6.45) is 3.20. The van der Waals surface area contributed by atoms with Crippen molar-refractivity contribution in [2.75, 3.05) is 5.32 Å². The Hall–Kier alpha value is -2.42. The Balaban J connectivity index is 1.92. The quantitative estimate of drug-likeness (QED) is 0.604. The van der Waals surface area contributed by atoms with Crippen LogP contribution < -0.4 is 11.1 Å². The minimum atomic E-state index is -0.469. The lowest BCUT2D eigenvalue weighted by Crippen LogP contribution is -2.18. The predicted octanol–water partition coefficient (Wildman–Crippen LogP) is 0.950. The third-order valence-electron chi connectivity index (χ3n) is 2.27. The van der Waals surface area contributed by atoms with Gasteiger partial charge in [0.2, 0.25) is 5.91 Å². The van der Waals surface area contributed by atoms with E-state index in [0.717, 1.165) is 22.6 Å². The van der Waals surface area contributed by atoms with E-state index in [1.54, 1.807) is 17.8 Å². The van der Waals surface area contributed by atoms with Crippen LogP contribution >= 0.6 is 11.3 Å². The molecule has 0 radical (unpaired) electrons. The van der Waals surface area contributed by atoms with Crippen molar-refractivity contribution in [2.45, 2.75) is 13.1 Å². The zero-order chi connectivity index (χ0) is 13.8. The molecule has 0 saturated heterocycles. The SMILES string of the molecule is NC(=O)Cn1cc(NCc2csc([N+](=O)[O-])c2)cn1. The summed E-state index contributed by atoms with van der Waals surface area (Å²) in [5.41, 5.74) is 6.58. The fourth-order valence-electron chi connectivity index (χ4n) is 1.46. The molecule has 0 aromatic carbocycles. The van der Waals surface area contributed by atoms with Gasteiger partial charge in [0.15, 0.2) is 0 Å². The van der Waals surface area contributed by atoms with E-state index in [1.807, 2.05) is 0 Å². The molecule has 0 fully saturated rings. The summed E-state index contributed by atoms with van der Waals surface area (Å²) in [4.78, 5) is 20.8. The van der Waals surface area contributed by atoms with Gasteiger partial charge in [0.1, 0.15) is 6.54 Å². The molecule has 3 N–H and O–H groups in total. The van der Waals surface area contributed by atoms with Crippen LogP contribution in [0.1, 0.15) is 5.56 Å². The lowest BCUT2D eigenvalue weighted by Gasteiger charge is -2.00. The number of nitrogens with two attached hydrogens (primary N) is 1. The van der Waals surface area contributed by atoms with Crippen LogP contribution in [0.2, 0.25) is 0 Å². The van der Waals surface area contributed by atoms with E-state index in [4.69, 9.17) is 5.73 Å². The third kappa shape index (κ3) is 3.52. The molecule has 0 aliphatic rings. The predicted molar refractivity (Wildman–Crippen MR) is 69.7 cm³/mol. The molecule has 2 heterocycles. The number of rotatable bonds is 6. The summed E-state index contributed by atoms with van der Waals surface area (Å²) in [5, 5.41) is 19.4. The number of amides is 1. The summed E-state index contributed by atoms with van der Waals surface area (Å²) in [7, 11) is 0. The molecule has 2 aromatic heterocycles. The fourth-order valence-corrected chi connectivity index (χ4v) is 2.19. The van der Waals surface area contributed by atoms with Crippen molar-refractivity contribution >= 4 is 27.9 Å². The monoisotopic (exact) mass is 281 g/mol. The zero-order valence-electron chi connectivity index (χ0n) is 9.78. The van der Waals surface area contributed by atoms with Crippen molar-refractivity contribution in [3.8, 4) is 0 Å². The van der Waals surface area contributed by atoms with Crippen LogP contribution in [0.3, 0.4) is 0 Å². The van der Waals surface area contributed by atoms with Crippen LogP contribution in [0.4, 0.5) is 10.7 Å². The molecule has 0 unspecified atom stereocenters. The van der Waals surface area contributed by atoms with E-state index in [2.05, 4.69) is 10.4 Å². The van der Waals surface area contributed by atoms with Gasteiger partial charge in [-0.3, -0.25) is 19.6 Å². The Morgan fingerprint density at radius 1 is 1.63 bits per heavy atom. The van der Waals surface area contributed by atoms with Crippen molar-refractivity contribution in [1.29, 1.82) is 0 Å². The van der Waals surface area contributed by atoms with Gasteiger partial charge < -0.3 is 11.1 Å². The number of hydrogen-bond acceptors (Lipinski definition) is 6. The highest BCUT2D eigenvalue weighted by atomic mass is 32.1. The van der Waals surface area contributed by atoms with Crippen LogP contribution in [0.15, 0.2) is 23.8 Å². The molecule has 8 nitrogen and oxygen atoms in total. The number of carbonyl (C=O) groups is 1. The number of primary amides is 1. The van der Waals surface area contributed by atoms with Gasteiger partial charge in [0, 0.05) is 24.2 Å². The Bertz CT molecular complexity index is 606. The Morgan fingerprint density at radius 2 is 2.42 bits per heavy atom. The molecule has 1 amide bonds. The highest BCUT2D eigenvalue weighted by Gasteiger charge is 2.09. The van der Waals surface area contributed by atoms with Crippen LogP contribution in [-0.2, 0) is 17.9 Å². The molecule has 2 aromatic rings. The van der Waals surface area contributed by atoms with Crippen molar-refractivity contribution in [3.63, 3.8) is 0 Å². The second-order valence-electron chi connectivity index (χ2n) is 3.80. The second-order valence-corrected chi connectivity index (χ2v) is 4.69. The van der Waals surface area contributed by atoms with E-state index in [0.29, 0.717) is 6.54 Å². The topological polar surface area (TPSA) is 116 Å². The van der Waals surface area contributed by atoms with E-state index in [1.165, 1.54) is 10.7 Å². The van der Waals surface area contributed by atoms with E-state index in [-0.39, 0.29) is 11.5 Å². The summed E-state index contributed by atoms with van der Waals surface area (Å²) in [6.45, 7) is 0.470. The van der Waals surface area contributed by atoms with Crippen LogP contribution in [0, 0.1) is 10.1 Å². The van der Waals surface area contributed by atoms with E-state index >= 15 is 0 Å². The summed E-state index contributed by atoms with van der Waals surface area (Å²) in [6, 6.07) is 1.52. The lowest BCUT2D eigenvalue weighted by molar-refractivity contribution is -0.380. The van der Waals surface area contributed by atoms with Gasteiger partial charge in [-0.05, 0) is 5.56 Å². The average Bonchev–Trinajstić information content (AvgIpc) is 2.94. The highest BCUT2D eigenvalue weighted by Crippen LogP contribution is 2.23. The average molecular weight is 281 g/mol. The smallest absolute Gasteiger partial charge is 0.324 e. The standard InChI is InChI=1S/C10H11N5O3S/c11-9(16)5-14-4-8(3-13-14)12-2-7-1-10(15(17)18)19-6-7/h1,3-4,6,12H,2,5H2,(H2,11,16). The molecule has 2 rings (SSSR count).